The van der Waals surface area contributed by atoms with Crippen LogP contribution in [0.1, 0.15) is 23.2 Å². The Morgan fingerprint density at radius 1 is 1.02 bits per heavy atom. The SMILES string of the molecule is CN(C)C/C=C/C(=O)Nc1cccc(S(=O)(=O)N2CCC(NC(=O)C3=NCC=C3NC(=O)c3c(Cl)cccc3Cl)CC2)c1. The highest BCUT2D eigenvalue weighted by Gasteiger charge is 2.32. The van der Waals surface area contributed by atoms with Gasteiger partial charge in [0, 0.05) is 37.4 Å². The molecule has 43 heavy (non-hydrogen) atoms. The van der Waals surface area contributed by atoms with Crippen molar-refractivity contribution < 1.29 is 22.8 Å². The van der Waals surface area contributed by atoms with E-state index in [1.165, 1.54) is 22.5 Å². The first-order chi connectivity index (χ1) is 20.5. The third-order valence-corrected chi connectivity index (χ3v) is 9.25. The molecule has 1 fully saturated rings. The molecule has 11 nitrogen and oxygen atoms in total. The highest BCUT2D eigenvalue weighted by molar-refractivity contribution is 7.89. The van der Waals surface area contributed by atoms with E-state index in [1.54, 1.807) is 42.5 Å². The first-order valence-electron chi connectivity index (χ1n) is 13.5. The zero-order valence-corrected chi connectivity index (χ0v) is 26.0. The molecule has 2 aromatic carbocycles. The van der Waals surface area contributed by atoms with Crippen molar-refractivity contribution in [2.24, 2.45) is 4.99 Å². The molecule has 0 aromatic heterocycles. The van der Waals surface area contributed by atoms with E-state index < -0.39 is 21.8 Å². The molecule has 228 valence electrons. The van der Waals surface area contributed by atoms with Crippen molar-refractivity contribution in [2.75, 3.05) is 45.6 Å². The third-order valence-electron chi connectivity index (χ3n) is 6.72. The summed E-state index contributed by atoms with van der Waals surface area (Å²) in [6, 6.07) is 10.5. The van der Waals surface area contributed by atoms with Crippen molar-refractivity contribution >= 4 is 62.3 Å². The summed E-state index contributed by atoms with van der Waals surface area (Å²) in [7, 11) is -0.0638. The summed E-state index contributed by atoms with van der Waals surface area (Å²) < 4.78 is 28.0. The average Bonchev–Trinajstić information content (AvgIpc) is 3.41. The Labute approximate surface area is 260 Å². The molecule has 2 aliphatic rings. The van der Waals surface area contributed by atoms with Crippen molar-refractivity contribution in [2.45, 2.75) is 23.8 Å². The van der Waals surface area contributed by atoms with Gasteiger partial charge in [-0.15, -0.1) is 0 Å². The Balaban J connectivity index is 1.32. The van der Waals surface area contributed by atoms with Gasteiger partial charge in [-0.05, 0) is 63.3 Å². The van der Waals surface area contributed by atoms with Gasteiger partial charge < -0.3 is 20.9 Å². The molecule has 4 rings (SSSR count). The van der Waals surface area contributed by atoms with Gasteiger partial charge in [0.25, 0.3) is 11.8 Å². The molecule has 0 unspecified atom stereocenters. The summed E-state index contributed by atoms with van der Waals surface area (Å²) in [5.41, 5.74) is 0.783. The van der Waals surface area contributed by atoms with Crippen LogP contribution in [0.2, 0.25) is 10.0 Å². The van der Waals surface area contributed by atoms with Crippen molar-refractivity contribution in [1.82, 2.24) is 19.8 Å². The smallest absolute Gasteiger partial charge is 0.271 e. The monoisotopic (exact) mass is 646 g/mol. The molecule has 0 spiro atoms. The molecule has 1 saturated heterocycles. The number of aliphatic imine (C=N–C) groups is 1. The van der Waals surface area contributed by atoms with Crippen LogP contribution >= 0.6 is 23.2 Å². The lowest BCUT2D eigenvalue weighted by Crippen LogP contribution is -2.48. The fourth-order valence-electron chi connectivity index (χ4n) is 4.55. The Bertz CT molecular complexity index is 1580. The molecule has 2 heterocycles. The van der Waals surface area contributed by atoms with Gasteiger partial charge in [0.05, 0.1) is 32.7 Å². The van der Waals surface area contributed by atoms with Crippen molar-refractivity contribution in [3.8, 4) is 0 Å². The van der Waals surface area contributed by atoms with Crippen LogP contribution in [0.15, 0.2) is 76.3 Å². The quantitative estimate of drug-likeness (QED) is 0.339. The minimum absolute atomic E-state index is 0.0644. The van der Waals surface area contributed by atoms with Gasteiger partial charge in [0.1, 0.15) is 5.71 Å². The van der Waals surface area contributed by atoms with E-state index in [0.717, 1.165) is 0 Å². The lowest BCUT2D eigenvalue weighted by molar-refractivity contribution is -0.115. The summed E-state index contributed by atoms with van der Waals surface area (Å²) in [5, 5.41) is 8.61. The van der Waals surface area contributed by atoms with E-state index in [2.05, 4.69) is 20.9 Å². The van der Waals surface area contributed by atoms with E-state index in [1.807, 2.05) is 19.0 Å². The van der Waals surface area contributed by atoms with Crippen molar-refractivity contribution in [1.29, 1.82) is 0 Å². The zero-order chi connectivity index (χ0) is 31.1. The van der Waals surface area contributed by atoms with E-state index in [9.17, 15) is 22.8 Å². The third kappa shape index (κ3) is 8.30. The van der Waals surface area contributed by atoms with Gasteiger partial charge in [0.15, 0.2) is 0 Å². The van der Waals surface area contributed by atoms with Crippen LogP contribution in [0, 0.1) is 0 Å². The predicted molar refractivity (Wildman–Crippen MR) is 167 cm³/mol. The highest BCUT2D eigenvalue weighted by atomic mass is 35.5. The Morgan fingerprint density at radius 2 is 1.70 bits per heavy atom. The number of hydrogen-bond donors (Lipinski definition) is 3. The highest BCUT2D eigenvalue weighted by Crippen LogP contribution is 2.25. The summed E-state index contributed by atoms with van der Waals surface area (Å²) in [6.45, 7) is 1.19. The first-order valence-corrected chi connectivity index (χ1v) is 15.7. The number of carbonyl (C=O) groups excluding carboxylic acids is 3. The Kier molecular flexibility index (Phi) is 10.7. The molecule has 0 saturated carbocycles. The number of hydrogen-bond acceptors (Lipinski definition) is 7. The minimum Gasteiger partial charge on any atom is -0.348 e. The number of halogens is 2. The maximum absolute atomic E-state index is 13.3. The van der Waals surface area contributed by atoms with E-state index in [0.29, 0.717) is 25.1 Å². The number of nitrogens with one attached hydrogen (secondary N) is 3. The Hall–Kier alpha value is -3.55. The van der Waals surface area contributed by atoms with Gasteiger partial charge in [-0.2, -0.15) is 4.31 Å². The second-order valence-corrected chi connectivity index (χ2v) is 12.9. The van der Waals surface area contributed by atoms with Crippen LogP contribution in [-0.2, 0) is 19.6 Å². The first kappa shape index (κ1) is 32.4. The largest absolute Gasteiger partial charge is 0.348 e. The van der Waals surface area contributed by atoms with Gasteiger partial charge >= 0.3 is 0 Å². The zero-order valence-electron chi connectivity index (χ0n) is 23.6. The number of sulfonamides is 1. The number of carbonyl (C=O) groups is 3. The lowest BCUT2D eigenvalue weighted by Gasteiger charge is -2.31. The van der Waals surface area contributed by atoms with E-state index in [-0.39, 0.29) is 63.5 Å². The fraction of sp³-hybridized carbons (Fsp3) is 0.310. The predicted octanol–water partition coefficient (Wildman–Crippen LogP) is 3.09. The molecule has 0 bridgehead atoms. The van der Waals surface area contributed by atoms with Crippen LogP contribution in [0.25, 0.3) is 0 Å². The molecule has 2 aliphatic heterocycles. The maximum atomic E-state index is 13.3. The number of anilines is 1. The number of piperidine rings is 1. The second kappa shape index (κ2) is 14.3. The van der Waals surface area contributed by atoms with Gasteiger partial charge in [-0.1, -0.05) is 41.4 Å². The minimum atomic E-state index is -3.83. The van der Waals surface area contributed by atoms with Gasteiger partial charge in [-0.3, -0.25) is 19.4 Å². The van der Waals surface area contributed by atoms with Crippen molar-refractivity contribution in [3.05, 3.63) is 82.0 Å². The fourth-order valence-corrected chi connectivity index (χ4v) is 6.63. The Morgan fingerprint density at radius 3 is 2.37 bits per heavy atom. The average molecular weight is 648 g/mol. The number of benzene rings is 2. The maximum Gasteiger partial charge on any atom is 0.271 e. The second-order valence-electron chi connectivity index (χ2n) is 10.2. The van der Waals surface area contributed by atoms with Crippen molar-refractivity contribution in [3.63, 3.8) is 0 Å². The van der Waals surface area contributed by atoms with Crippen LogP contribution in [0.3, 0.4) is 0 Å². The molecular weight excluding hydrogens is 615 g/mol. The number of nitrogens with zero attached hydrogens (tertiary/aromatic N) is 3. The van der Waals surface area contributed by atoms with Crippen LogP contribution < -0.4 is 16.0 Å². The molecule has 14 heteroatoms. The van der Waals surface area contributed by atoms with Crippen LogP contribution in [0.4, 0.5) is 5.69 Å². The van der Waals surface area contributed by atoms with E-state index in [4.69, 9.17) is 23.2 Å². The number of likely N-dealkylation sites (N-methyl/N-ethyl adjacent to an activating group) is 1. The molecular formula is C29H32Cl2N6O5S. The summed E-state index contributed by atoms with van der Waals surface area (Å²) >= 11 is 12.3. The number of amides is 3. The molecule has 0 aliphatic carbocycles. The van der Waals surface area contributed by atoms with Crippen LogP contribution in [-0.4, -0.2) is 87.4 Å². The standard InChI is InChI=1S/C29H32Cl2N6O5S/c1-36(2)15-5-10-25(38)33-20-6-3-7-21(18-20)43(41,42)37-16-12-19(13-17-37)34-29(40)27-24(11-14-32-27)35-28(39)26-22(30)8-4-9-23(26)31/h3-11,18-19H,12-17H2,1-2H3,(H,33,38)(H,34,40)(H,35,39)/b10-5+. The lowest BCUT2D eigenvalue weighted by atomic mass is 10.1. The molecule has 0 radical (unpaired) electrons. The van der Waals surface area contributed by atoms with E-state index >= 15 is 0 Å². The summed E-state index contributed by atoms with van der Waals surface area (Å²) in [6.07, 6.45) is 5.49. The topological polar surface area (TPSA) is 140 Å². The molecule has 0 atom stereocenters. The van der Waals surface area contributed by atoms with Crippen LogP contribution in [0.5, 0.6) is 0 Å². The molecule has 2 aromatic rings. The normalized spacial score (nSPS) is 16.2. The molecule has 3 N–H and O–H groups in total. The van der Waals surface area contributed by atoms with Gasteiger partial charge in [0.2, 0.25) is 15.9 Å². The van der Waals surface area contributed by atoms with Gasteiger partial charge in [-0.25, -0.2) is 8.42 Å². The summed E-state index contributed by atoms with van der Waals surface area (Å²) in [4.78, 5) is 44.2. The summed E-state index contributed by atoms with van der Waals surface area (Å²) in [5.74, 6) is -1.39. The number of rotatable bonds is 10. The molecule has 3 amide bonds.